The Hall–Kier alpha value is -1.23. The van der Waals surface area contributed by atoms with Crippen LogP contribution in [-0.2, 0) is 6.18 Å². The first-order chi connectivity index (χ1) is 7.27. The minimum absolute atomic E-state index is 0.413. The molecule has 0 aliphatic rings. The second-order valence-corrected chi connectivity index (χ2v) is 3.46. The molecule has 8 heteroatoms. The lowest BCUT2D eigenvalue weighted by Gasteiger charge is -2.10. The summed E-state index contributed by atoms with van der Waals surface area (Å²) >= 11 is 2.61. The summed E-state index contributed by atoms with van der Waals surface area (Å²) in [7, 11) is 0. The van der Waals surface area contributed by atoms with E-state index in [9.17, 15) is 22.0 Å². The standard InChI is InChI=1S/C8H2BrF5N2/c9-5-3(2-15)1-4(8(12,13)14)16-6(5)7(10)11/h1,7H. The summed E-state index contributed by atoms with van der Waals surface area (Å²) in [4.78, 5) is 2.78. The van der Waals surface area contributed by atoms with Crippen molar-refractivity contribution >= 4 is 15.9 Å². The Kier molecular flexibility index (Phi) is 3.48. The molecule has 86 valence electrons. The van der Waals surface area contributed by atoms with E-state index < -0.39 is 34.0 Å². The monoisotopic (exact) mass is 300 g/mol. The largest absolute Gasteiger partial charge is 0.433 e. The van der Waals surface area contributed by atoms with E-state index in [4.69, 9.17) is 5.26 Å². The van der Waals surface area contributed by atoms with Crippen LogP contribution in [0.1, 0.15) is 23.4 Å². The molecule has 16 heavy (non-hydrogen) atoms. The van der Waals surface area contributed by atoms with E-state index in [1.54, 1.807) is 0 Å². The summed E-state index contributed by atoms with van der Waals surface area (Å²) in [5.74, 6) is 0. The van der Waals surface area contributed by atoms with Crippen LogP contribution >= 0.6 is 15.9 Å². The van der Waals surface area contributed by atoms with Crippen molar-refractivity contribution in [2.24, 2.45) is 0 Å². The maximum Gasteiger partial charge on any atom is 0.433 e. The number of nitrogens with zero attached hydrogens (tertiary/aromatic N) is 2. The van der Waals surface area contributed by atoms with Gasteiger partial charge in [0.15, 0.2) is 0 Å². The van der Waals surface area contributed by atoms with Crippen LogP contribution in [0.2, 0.25) is 0 Å². The quantitative estimate of drug-likeness (QED) is 0.742. The summed E-state index contributed by atoms with van der Waals surface area (Å²) in [5.41, 5.74) is -3.13. The third-order valence-electron chi connectivity index (χ3n) is 1.60. The third kappa shape index (κ3) is 2.47. The highest BCUT2D eigenvalue weighted by molar-refractivity contribution is 9.10. The molecule has 0 saturated carbocycles. The highest BCUT2D eigenvalue weighted by Crippen LogP contribution is 2.34. The van der Waals surface area contributed by atoms with Crippen molar-refractivity contribution in [3.05, 3.63) is 27.5 Å². The van der Waals surface area contributed by atoms with Gasteiger partial charge in [0.05, 0.1) is 10.0 Å². The van der Waals surface area contributed by atoms with Crippen molar-refractivity contribution in [2.75, 3.05) is 0 Å². The van der Waals surface area contributed by atoms with Gasteiger partial charge in [-0.3, -0.25) is 0 Å². The average Bonchev–Trinajstić information content (AvgIpc) is 2.15. The molecule has 0 radical (unpaired) electrons. The Morgan fingerprint density at radius 3 is 2.31 bits per heavy atom. The molecule has 0 spiro atoms. The van der Waals surface area contributed by atoms with E-state index >= 15 is 0 Å². The van der Waals surface area contributed by atoms with Crippen LogP contribution in [-0.4, -0.2) is 4.98 Å². The van der Waals surface area contributed by atoms with Crippen LogP contribution in [0.3, 0.4) is 0 Å². The Bertz CT molecular complexity index is 449. The van der Waals surface area contributed by atoms with Gasteiger partial charge in [-0.2, -0.15) is 18.4 Å². The minimum atomic E-state index is -4.87. The summed E-state index contributed by atoms with van der Waals surface area (Å²) in [6.07, 6.45) is -8.06. The smallest absolute Gasteiger partial charge is 0.241 e. The van der Waals surface area contributed by atoms with Crippen LogP contribution in [0.25, 0.3) is 0 Å². The van der Waals surface area contributed by atoms with Crippen molar-refractivity contribution < 1.29 is 22.0 Å². The van der Waals surface area contributed by atoms with Gasteiger partial charge in [-0.15, -0.1) is 0 Å². The van der Waals surface area contributed by atoms with Crippen LogP contribution in [0.4, 0.5) is 22.0 Å². The normalized spacial score (nSPS) is 11.6. The van der Waals surface area contributed by atoms with Gasteiger partial charge >= 0.3 is 6.18 Å². The van der Waals surface area contributed by atoms with Gasteiger partial charge in [-0.05, 0) is 22.0 Å². The molecule has 0 aromatic carbocycles. The lowest BCUT2D eigenvalue weighted by atomic mass is 10.2. The fourth-order valence-corrected chi connectivity index (χ4v) is 1.39. The second-order valence-electron chi connectivity index (χ2n) is 2.66. The molecule has 0 atom stereocenters. The van der Waals surface area contributed by atoms with Gasteiger partial charge in [-0.25, -0.2) is 13.8 Å². The van der Waals surface area contributed by atoms with E-state index in [-0.39, 0.29) is 0 Å². The number of nitriles is 1. The predicted octanol–water partition coefficient (Wildman–Crippen LogP) is 3.67. The number of hydrogen-bond acceptors (Lipinski definition) is 2. The van der Waals surface area contributed by atoms with E-state index in [0.717, 1.165) is 0 Å². The molecule has 0 saturated heterocycles. The topological polar surface area (TPSA) is 36.7 Å². The number of hydrogen-bond donors (Lipinski definition) is 0. The summed E-state index contributed by atoms with van der Waals surface area (Å²) < 4.78 is 61.0. The number of alkyl halides is 5. The van der Waals surface area contributed by atoms with Crippen LogP contribution in [0, 0.1) is 11.3 Å². The van der Waals surface area contributed by atoms with Gasteiger partial charge in [0, 0.05) is 0 Å². The minimum Gasteiger partial charge on any atom is -0.241 e. The number of pyridine rings is 1. The first-order valence-corrected chi connectivity index (χ1v) is 4.52. The van der Waals surface area contributed by atoms with Crippen LogP contribution in [0.5, 0.6) is 0 Å². The lowest BCUT2D eigenvalue weighted by Crippen LogP contribution is -2.11. The summed E-state index contributed by atoms with van der Waals surface area (Å²) in [5, 5.41) is 8.49. The highest BCUT2D eigenvalue weighted by Gasteiger charge is 2.35. The molecule has 1 aromatic heterocycles. The van der Waals surface area contributed by atoms with E-state index in [0.29, 0.717) is 6.07 Å². The molecule has 0 N–H and O–H groups in total. The Morgan fingerprint density at radius 2 is 1.94 bits per heavy atom. The fourth-order valence-electron chi connectivity index (χ4n) is 0.920. The lowest BCUT2D eigenvalue weighted by molar-refractivity contribution is -0.141. The van der Waals surface area contributed by atoms with Crippen molar-refractivity contribution in [3.8, 4) is 6.07 Å². The van der Waals surface area contributed by atoms with E-state index in [2.05, 4.69) is 20.9 Å². The number of aromatic nitrogens is 1. The van der Waals surface area contributed by atoms with Gasteiger partial charge in [0.2, 0.25) is 0 Å². The summed E-state index contributed by atoms with van der Waals surface area (Å²) in [6.45, 7) is 0. The molecule has 0 aliphatic carbocycles. The van der Waals surface area contributed by atoms with Crippen molar-refractivity contribution in [1.82, 2.24) is 4.98 Å². The third-order valence-corrected chi connectivity index (χ3v) is 2.43. The molecule has 1 rings (SSSR count). The maximum atomic E-state index is 12.3. The van der Waals surface area contributed by atoms with Gasteiger partial charge in [0.25, 0.3) is 6.43 Å². The highest BCUT2D eigenvalue weighted by atomic mass is 79.9. The SMILES string of the molecule is N#Cc1cc(C(F)(F)F)nc(C(F)F)c1Br. The molecule has 0 aliphatic heterocycles. The van der Waals surface area contributed by atoms with Gasteiger partial charge in [0.1, 0.15) is 17.5 Å². The Labute approximate surface area is 94.8 Å². The molecule has 0 fully saturated rings. The molecular formula is C8H2BrF5N2. The molecule has 0 bridgehead atoms. The molecule has 0 amide bonds. The van der Waals surface area contributed by atoms with Gasteiger partial charge in [-0.1, -0.05) is 0 Å². The Balaban J connectivity index is 3.48. The van der Waals surface area contributed by atoms with E-state index in [1.165, 1.54) is 6.07 Å². The van der Waals surface area contributed by atoms with Crippen LogP contribution < -0.4 is 0 Å². The van der Waals surface area contributed by atoms with Gasteiger partial charge < -0.3 is 0 Å². The fraction of sp³-hybridized carbons (Fsp3) is 0.250. The Morgan fingerprint density at radius 1 is 1.38 bits per heavy atom. The molecule has 1 aromatic rings. The first-order valence-electron chi connectivity index (χ1n) is 3.73. The zero-order valence-electron chi connectivity index (χ0n) is 7.32. The van der Waals surface area contributed by atoms with Crippen molar-refractivity contribution in [3.63, 3.8) is 0 Å². The second kappa shape index (κ2) is 4.33. The zero-order chi connectivity index (χ0) is 12.5. The predicted molar refractivity (Wildman–Crippen MR) is 46.6 cm³/mol. The molecule has 0 unspecified atom stereocenters. The maximum absolute atomic E-state index is 12.3. The van der Waals surface area contributed by atoms with E-state index in [1.807, 2.05) is 0 Å². The van der Waals surface area contributed by atoms with Crippen molar-refractivity contribution in [2.45, 2.75) is 12.6 Å². The molecule has 1 heterocycles. The molecular weight excluding hydrogens is 299 g/mol. The number of halogens is 6. The average molecular weight is 301 g/mol. The van der Waals surface area contributed by atoms with Crippen LogP contribution in [0.15, 0.2) is 10.5 Å². The summed E-state index contributed by atoms with van der Waals surface area (Å²) in [6, 6.07) is 1.80. The number of rotatable bonds is 1. The zero-order valence-corrected chi connectivity index (χ0v) is 8.90. The van der Waals surface area contributed by atoms with Crippen molar-refractivity contribution in [1.29, 1.82) is 5.26 Å². The first kappa shape index (κ1) is 12.8. The molecule has 2 nitrogen and oxygen atoms in total.